The van der Waals surface area contributed by atoms with E-state index in [1.807, 2.05) is 0 Å². The Bertz CT molecular complexity index is 402. The maximum absolute atomic E-state index is 13.6. The number of nitrogen functional groups attached to an aromatic ring is 1. The molecule has 1 aliphatic carbocycles. The molecule has 1 unspecified atom stereocenters. The molecule has 0 bridgehead atoms. The predicted octanol–water partition coefficient (Wildman–Crippen LogP) is 2.60. The van der Waals surface area contributed by atoms with Crippen LogP contribution in [0.5, 0.6) is 0 Å². The molecule has 2 rings (SSSR count). The highest BCUT2D eigenvalue weighted by molar-refractivity contribution is 7.84. The number of halogens is 1. The van der Waals surface area contributed by atoms with E-state index < -0.39 is 16.6 Å². The normalized spacial score (nSPS) is 18.8. The molecule has 1 aromatic carbocycles. The highest BCUT2D eigenvalue weighted by Crippen LogP contribution is 2.25. The second-order valence-corrected chi connectivity index (χ2v) is 5.97. The largest absolute Gasteiger partial charge is 0.396 e. The minimum Gasteiger partial charge on any atom is -0.396 e. The molecule has 0 saturated heterocycles. The Balaban J connectivity index is 2.08. The fourth-order valence-corrected chi connectivity index (χ4v) is 3.76. The van der Waals surface area contributed by atoms with Gasteiger partial charge in [0, 0.05) is 21.6 Å². The average Bonchev–Trinajstić information content (AvgIpc) is 2.78. The summed E-state index contributed by atoms with van der Waals surface area (Å²) in [6.45, 7) is 0. The van der Waals surface area contributed by atoms with Crippen LogP contribution in [0.15, 0.2) is 18.2 Å². The van der Waals surface area contributed by atoms with Crippen molar-refractivity contribution in [1.82, 2.24) is 0 Å². The fourth-order valence-electron chi connectivity index (χ4n) is 2.13. The minimum atomic E-state index is -0.960. The summed E-state index contributed by atoms with van der Waals surface area (Å²) < 4.78 is 25.6. The summed E-state index contributed by atoms with van der Waals surface area (Å²) in [4.78, 5) is 0. The number of benzene rings is 1. The van der Waals surface area contributed by atoms with Crippen LogP contribution in [0.1, 0.15) is 31.2 Å². The van der Waals surface area contributed by atoms with Gasteiger partial charge in [0.1, 0.15) is 5.82 Å². The molecular weight excluding hydrogens is 225 g/mol. The van der Waals surface area contributed by atoms with Crippen LogP contribution in [0, 0.1) is 5.82 Å². The number of anilines is 1. The molecule has 0 aliphatic heterocycles. The third kappa shape index (κ3) is 2.43. The highest BCUT2D eigenvalue weighted by atomic mass is 32.2. The maximum Gasteiger partial charge on any atom is 0.150 e. The number of rotatable bonds is 3. The topological polar surface area (TPSA) is 43.1 Å². The van der Waals surface area contributed by atoms with E-state index in [-0.39, 0.29) is 10.9 Å². The Hall–Kier alpha value is -0.900. The van der Waals surface area contributed by atoms with Gasteiger partial charge in [-0.25, -0.2) is 4.39 Å². The smallest absolute Gasteiger partial charge is 0.150 e. The first kappa shape index (κ1) is 11.6. The van der Waals surface area contributed by atoms with Crippen LogP contribution in [0.25, 0.3) is 0 Å². The molecule has 1 fully saturated rings. The second kappa shape index (κ2) is 4.95. The first-order valence-corrected chi connectivity index (χ1v) is 6.96. The summed E-state index contributed by atoms with van der Waals surface area (Å²) in [5.41, 5.74) is 6.09. The van der Waals surface area contributed by atoms with Crippen molar-refractivity contribution in [3.8, 4) is 0 Å². The zero-order valence-electron chi connectivity index (χ0n) is 9.12. The molecule has 0 heterocycles. The minimum absolute atomic E-state index is 0.140. The van der Waals surface area contributed by atoms with Crippen molar-refractivity contribution in [1.29, 1.82) is 0 Å². The Morgan fingerprint density at radius 3 is 2.75 bits per heavy atom. The molecule has 0 spiro atoms. The van der Waals surface area contributed by atoms with Crippen LogP contribution in [0.4, 0.5) is 10.1 Å². The lowest BCUT2D eigenvalue weighted by Gasteiger charge is -2.10. The van der Waals surface area contributed by atoms with Gasteiger partial charge in [0.25, 0.3) is 0 Å². The van der Waals surface area contributed by atoms with E-state index in [4.69, 9.17) is 5.73 Å². The fraction of sp³-hybridized carbons (Fsp3) is 0.500. The first-order chi connectivity index (χ1) is 7.68. The summed E-state index contributed by atoms with van der Waals surface area (Å²) in [5, 5.41) is 0.251. The lowest BCUT2D eigenvalue weighted by atomic mass is 10.2. The van der Waals surface area contributed by atoms with Gasteiger partial charge in [0.2, 0.25) is 0 Å². The molecule has 0 aromatic heterocycles. The Kier molecular flexibility index (Phi) is 3.59. The van der Waals surface area contributed by atoms with Gasteiger partial charge >= 0.3 is 0 Å². The van der Waals surface area contributed by atoms with Gasteiger partial charge in [-0.1, -0.05) is 25.0 Å². The summed E-state index contributed by atoms with van der Waals surface area (Å²) in [5.74, 6) is -0.115. The van der Waals surface area contributed by atoms with Gasteiger partial charge in [0.15, 0.2) is 0 Å². The highest BCUT2D eigenvalue weighted by Gasteiger charge is 2.22. The summed E-state index contributed by atoms with van der Waals surface area (Å²) in [6, 6.07) is 4.90. The third-order valence-corrected chi connectivity index (χ3v) is 4.89. The molecule has 2 nitrogen and oxygen atoms in total. The molecule has 1 saturated carbocycles. The van der Waals surface area contributed by atoms with E-state index in [0.717, 1.165) is 25.7 Å². The molecule has 2 N–H and O–H groups in total. The summed E-state index contributed by atoms with van der Waals surface area (Å²) in [7, 11) is -0.960. The van der Waals surface area contributed by atoms with Gasteiger partial charge in [-0.15, -0.1) is 0 Å². The van der Waals surface area contributed by atoms with Gasteiger partial charge in [-0.2, -0.15) is 0 Å². The SMILES string of the molecule is Nc1cccc(CS(=O)C2CCCC2)c1F. The van der Waals surface area contributed by atoms with Crippen molar-refractivity contribution >= 4 is 16.5 Å². The third-order valence-electron chi connectivity index (χ3n) is 3.08. The van der Waals surface area contributed by atoms with Gasteiger partial charge in [-0.05, 0) is 18.9 Å². The van der Waals surface area contributed by atoms with Crippen LogP contribution >= 0.6 is 0 Å². The second-order valence-electron chi connectivity index (χ2n) is 4.25. The quantitative estimate of drug-likeness (QED) is 0.827. The van der Waals surface area contributed by atoms with E-state index in [9.17, 15) is 8.60 Å². The molecule has 4 heteroatoms. The predicted molar refractivity (Wildman–Crippen MR) is 64.9 cm³/mol. The number of hydrogen-bond donors (Lipinski definition) is 1. The van der Waals surface area contributed by atoms with Gasteiger partial charge < -0.3 is 5.73 Å². The Morgan fingerprint density at radius 1 is 1.38 bits per heavy atom. The van der Waals surface area contributed by atoms with E-state index in [0.29, 0.717) is 11.3 Å². The summed E-state index contributed by atoms with van der Waals surface area (Å²) in [6.07, 6.45) is 4.32. The molecule has 0 amide bonds. The van der Waals surface area contributed by atoms with E-state index >= 15 is 0 Å². The average molecular weight is 241 g/mol. The van der Waals surface area contributed by atoms with Crippen LogP contribution in [0.3, 0.4) is 0 Å². The van der Waals surface area contributed by atoms with Crippen molar-refractivity contribution in [3.63, 3.8) is 0 Å². The standard InChI is InChI=1S/C12H16FNOS/c13-12-9(4-3-7-11(12)14)8-16(15)10-5-1-2-6-10/h3-4,7,10H,1-2,5-6,8,14H2. The van der Waals surface area contributed by atoms with Crippen molar-refractivity contribution < 1.29 is 8.60 Å². The lowest BCUT2D eigenvalue weighted by Crippen LogP contribution is -2.13. The van der Waals surface area contributed by atoms with E-state index in [1.54, 1.807) is 12.1 Å². The Morgan fingerprint density at radius 2 is 2.06 bits per heavy atom. The molecule has 88 valence electrons. The molecule has 1 aliphatic rings. The molecule has 1 atom stereocenters. The van der Waals surface area contributed by atoms with Gasteiger partial charge in [-0.3, -0.25) is 4.21 Å². The number of hydrogen-bond acceptors (Lipinski definition) is 2. The van der Waals surface area contributed by atoms with Crippen molar-refractivity contribution in [2.24, 2.45) is 0 Å². The van der Waals surface area contributed by atoms with Crippen LogP contribution < -0.4 is 5.73 Å². The van der Waals surface area contributed by atoms with Crippen LogP contribution in [0.2, 0.25) is 0 Å². The van der Waals surface area contributed by atoms with E-state index in [2.05, 4.69) is 0 Å². The van der Waals surface area contributed by atoms with E-state index in [1.165, 1.54) is 6.07 Å². The van der Waals surface area contributed by atoms with Crippen molar-refractivity contribution in [2.75, 3.05) is 5.73 Å². The van der Waals surface area contributed by atoms with Gasteiger partial charge in [0.05, 0.1) is 11.4 Å². The molecule has 16 heavy (non-hydrogen) atoms. The molecule has 1 aromatic rings. The zero-order chi connectivity index (χ0) is 11.5. The van der Waals surface area contributed by atoms with Crippen LogP contribution in [-0.2, 0) is 16.6 Å². The Labute approximate surface area is 97.5 Å². The van der Waals surface area contributed by atoms with Crippen molar-refractivity contribution in [3.05, 3.63) is 29.6 Å². The number of nitrogens with two attached hydrogens (primary N) is 1. The zero-order valence-corrected chi connectivity index (χ0v) is 9.93. The first-order valence-electron chi connectivity index (χ1n) is 5.58. The maximum atomic E-state index is 13.6. The molecular formula is C12H16FNOS. The monoisotopic (exact) mass is 241 g/mol. The molecule has 0 radical (unpaired) electrons. The van der Waals surface area contributed by atoms with Crippen molar-refractivity contribution in [2.45, 2.75) is 36.7 Å². The van der Waals surface area contributed by atoms with Crippen LogP contribution in [-0.4, -0.2) is 9.46 Å². The summed E-state index contributed by atoms with van der Waals surface area (Å²) >= 11 is 0. The lowest BCUT2D eigenvalue weighted by molar-refractivity contribution is 0.618.